The van der Waals surface area contributed by atoms with Crippen LogP contribution in [0, 0.1) is 0 Å². The highest BCUT2D eigenvalue weighted by Crippen LogP contribution is 2.10. The smallest absolute Gasteiger partial charge is 0.104 e. The SMILES string of the molecule is CC(=N\O)/C(CCCCCCCCC(=N\O)/C(C)=N/O)=N\O. The molecular weight excluding hydrogens is 288 g/mol. The zero-order valence-corrected chi connectivity index (χ0v) is 13.2. The molecule has 0 aliphatic rings. The lowest BCUT2D eigenvalue weighted by atomic mass is 10.0. The molecule has 22 heavy (non-hydrogen) atoms. The van der Waals surface area contributed by atoms with Gasteiger partial charge in [-0.25, -0.2) is 0 Å². The minimum Gasteiger partial charge on any atom is -0.411 e. The van der Waals surface area contributed by atoms with Gasteiger partial charge in [-0.15, -0.1) is 0 Å². The van der Waals surface area contributed by atoms with Gasteiger partial charge in [-0.1, -0.05) is 46.3 Å². The van der Waals surface area contributed by atoms with E-state index in [-0.39, 0.29) is 0 Å². The Kier molecular flexibility index (Phi) is 11.4. The van der Waals surface area contributed by atoms with Crippen molar-refractivity contribution in [3.63, 3.8) is 0 Å². The van der Waals surface area contributed by atoms with Gasteiger partial charge in [-0.2, -0.15) is 0 Å². The number of nitrogens with zero attached hydrogens (tertiary/aromatic N) is 4. The minimum atomic E-state index is 0.333. The van der Waals surface area contributed by atoms with E-state index in [4.69, 9.17) is 20.8 Å². The van der Waals surface area contributed by atoms with Crippen LogP contribution in [0.4, 0.5) is 0 Å². The Balaban J connectivity index is 3.71. The normalized spacial score (nSPS) is 14.5. The second kappa shape index (κ2) is 12.6. The fraction of sp³-hybridized carbons (Fsp3) is 0.714. The van der Waals surface area contributed by atoms with Crippen LogP contribution >= 0.6 is 0 Å². The summed E-state index contributed by atoms with van der Waals surface area (Å²) in [7, 11) is 0. The highest BCUT2D eigenvalue weighted by atomic mass is 16.4. The van der Waals surface area contributed by atoms with Crippen LogP contribution in [0.2, 0.25) is 0 Å². The van der Waals surface area contributed by atoms with Crippen LogP contribution < -0.4 is 0 Å². The van der Waals surface area contributed by atoms with Crippen LogP contribution in [0.3, 0.4) is 0 Å². The van der Waals surface area contributed by atoms with Gasteiger partial charge in [0.25, 0.3) is 0 Å². The van der Waals surface area contributed by atoms with E-state index in [9.17, 15) is 0 Å². The Bertz CT molecular complexity index is 391. The Labute approximate surface area is 130 Å². The van der Waals surface area contributed by atoms with E-state index in [1.54, 1.807) is 13.8 Å². The number of hydrogen-bond acceptors (Lipinski definition) is 8. The molecule has 0 spiro atoms. The lowest BCUT2D eigenvalue weighted by molar-refractivity contribution is 0.312. The topological polar surface area (TPSA) is 130 Å². The Hall–Kier alpha value is -2.12. The van der Waals surface area contributed by atoms with Gasteiger partial charge < -0.3 is 20.8 Å². The van der Waals surface area contributed by atoms with Gasteiger partial charge >= 0.3 is 0 Å². The van der Waals surface area contributed by atoms with E-state index >= 15 is 0 Å². The molecule has 0 saturated carbocycles. The second-order valence-electron chi connectivity index (χ2n) is 5.09. The molecule has 0 radical (unpaired) electrons. The van der Waals surface area contributed by atoms with Crippen molar-refractivity contribution in [2.45, 2.75) is 65.2 Å². The van der Waals surface area contributed by atoms with Crippen LogP contribution in [0.25, 0.3) is 0 Å². The van der Waals surface area contributed by atoms with Crippen molar-refractivity contribution in [3.8, 4) is 0 Å². The Morgan fingerprint density at radius 3 is 1.14 bits per heavy atom. The number of unbranched alkanes of at least 4 members (excludes halogenated alkanes) is 5. The maximum atomic E-state index is 8.78. The van der Waals surface area contributed by atoms with Crippen LogP contribution in [0.5, 0.6) is 0 Å². The molecule has 0 bridgehead atoms. The largest absolute Gasteiger partial charge is 0.411 e. The van der Waals surface area contributed by atoms with Crippen LogP contribution in [0.15, 0.2) is 20.6 Å². The first-order valence-electron chi connectivity index (χ1n) is 7.40. The summed E-state index contributed by atoms with van der Waals surface area (Å²) < 4.78 is 0. The summed E-state index contributed by atoms with van der Waals surface area (Å²) >= 11 is 0. The molecule has 0 aromatic rings. The quantitative estimate of drug-likeness (QED) is 0.201. The lowest BCUT2D eigenvalue weighted by Gasteiger charge is -2.04. The maximum absolute atomic E-state index is 8.78. The molecule has 0 amide bonds. The molecule has 0 aliphatic heterocycles. The fourth-order valence-corrected chi connectivity index (χ4v) is 2.01. The van der Waals surface area contributed by atoms with Crippen LogP contribution in [-0.2, 0) is 0 Å². The van der Waals surface area contributed by atoms with Crippen molar-refractivity contribution >= 4 is 22.8 Å². The molecule has 0 saturated heterocycles. The molecule has 8 nitrogen and oxygen atoms in total. The highest BCUT2D eigenvalue weighted by molar-refractivity contribution is 6.41. The Morgan fingerprint density at radius 2 is 0.864 bits per heavy atom. The number of hydrogen-bond donors (Lipinski definition) is 4. The third-order valence-electron chi connectivity index (χ3n) is 3.45. The predicted octanol–water partition coefficient (Wildman–Crippen LogP) is 3.47. The molecule has 0 fully saturated rings. The summed E-state index contributed by atoms with van der Waals surface area (Å²) in [6.45, 7) is 3.18. The van der Waals surface area contributed by atoms with Crippen molar-refractivity contribution in [3.05, 3.63) is 0 Å². The summed E-state index contributed by atoms with van der Waals surface area (Å²) in [5.74, 6) is 0. The van der Waals surface area contributed by atoms with E-state index in [1.807, 2.05) is 0 Å². The van der Waals surface area contributed by atoms with E-state index < -0.39 is 0 Å². The van der Waals surface area contributed by atoms with E-state index in [1.165, 1.54) is 0 Å². The van der Waals surface area contributed by atoms with Crippen LogP contribution in [0.1, 0.15) is 65.2 Å². The first-order valence-corrected chi connectivity index (χ1v) is 7.40. The van der Waals surface area contributed by atoms with Gasteiger partial charge in [-0.05, 0) is 39.5 Å². The maximum Gasteiger partial charge on any atom is 0.104 e. The van der Waals surface area contributed by atoms with Gasteiger partial charge in [-0.3, -0.25) is 0 Å². The molecule has 0 aliphatic carbocycles. The highest BCUT2D eigenvalue weighted by Gasteiger charge is 2.06. The molecule has 8 heteroatoms. The van der Waals surface area contributed by atoms with Crippen molar-refractivity contribution in [2.24, 2.45) is 20.6 Å². The summed E-state index contributed by atoms with van der Waals surface area (Å²) in [4.78, 5) is 0. The molecule has 4 N–H and O–H groups in total. The van der Waals surface area contributed by atoms with Crippen molar-refractivity contribution < 1.29 is 20.8 Å². The monoisotopic (exact) mass is 314 g/mol. The van der Waals surface area contributed by atoms with Gasteiger partial charge in [0.05, 0.1) is 0 Å². The van der Waals surface area contributed by atoms with Gasteiger partial charge in [0.1, 0.15) is 22.8 Å². The Morgan fingerprint density at radius 1 is 0.545 bits per heavy atom. The third kappa shape index (κ3) is 8.23. The van der Waals surface area contributed by atoms with Crippen molar-refractivity contribution in [2.75, 3.05) is 0 Å². The predicted molar refractivity (Wildman–Crippen MR) is 85.2 cm³/mol. The van der Waals surface area contributed by atoms with Gasteiger partial charge in [0.15, 0.2) is 0 Å². The molecule has 0 unspecified atom stereocenters. The number of rotatable bonds is 11. The van der Waals surface area contributed by atoms with Gasteiger partial charge in [0.2, 0.25) is 0 Å². The second-order valence-corrected chi connectivity index (χ2v) is 5.09. The van der Waals surface area contributed by atoms with E-state index in [2.05, 4.69) is 20.6 Å². The average molecular weight is 314 g/mol. The molecular formula is C14H26N4O4. The first-order chi connectivity index (χ1) is 10.6. The van der Waals surface area contributed by atoms with Gasteiger partial charge in [0, 0.05) is 0 Å². The molecule has 0 aromatic carbocycles. The zero-order valence-electron chi connectivity index (χ0n) is 13.2. The van der Waals surface area contributed by atoms with E-state index in [0.29, 0.717) is 35.7 Å². The van der Waals surface area contributed by atoms with E-state index in [0.717, 1.165) is 38.5 Å². The summed E-state index contributed by atoms with van der Waals surface area (Å²) in [6, 6.07) is 0. The summed E-state index contributed by atoms with van der Waals surface area (Å²) in [6.07, 6.45) is 6.99. The number of oxime groups is 4. The summed E-state index contributed by atoms with van der Waals surface area (Å²) in [5, 5.41) is 47.0. The molecule has 126 valence electrons. The average Bonchev–Trinajstić information content (AvgIpc) is 2.55. The first kappa shape index (κ1) is 19.9. The minimum absolute atomic E-state index is 0.333. The third-order valence-corrected chi connectivity index (χ3v) is 3.45. The van der Waals surface area contributed by atoms with Crippen LogP contribution in [-0.4, -0.2) is 43.7 Å². The fourth-order valence-electron chi connectivity index (χ4n) is 2.01. The standard InChI is InChI=1S/C14H26N4O4/c1-11(15-19)13(17-21)9-7-5-3-4-6-8-10-14(18-22)12(2)16-20/h19-22H,3-10H2,1-2H3/b15-11+,16-12+,17-13-,18-14+. The molecule has 0 aromatic heterocycles. The molecule has 0 atom stereocenters. The summed E-state index contributed by atoms with van der Waals surface area (Å²) in [5.41, 5.74) is 1.48. The lowest BCUT2D eigenvalue weighted by Crippen LogP contribution is -2.10. The van der Waals surface area contributed by atoms with Crippen molar-refractivity contribution in [1.29, 1.82) is 0 Å². The molecule has 0 rings (SSSR count). The zero-order chi connectivity index (χ0) is 16.8. The van der Waals surface area contributed by atoms with Crippen molar-refractivity contribution in [1.82, 2.24) is 0 Å². The molecule has 0 heterocycles.